The highest BCUT2D eigenvalue weighted by atomic mass is 15.0. The van der Waals surface area contributed by atoms with Crippen LogP contribution < -0.4 is 10.6 Å². The molecule has 0 aliphatic carbocycles. The molecule has 0 fully saturated rings. The van der Waals surface area contributed by atoms with Crippen molar-refractivity contribution < 1.29 is 0 Å². The lowest BCUT2D eigenvalue weighted by Crippen LogP contribution is -2.28. The van der Waals surface area contributed by atoms with E-state index in [1.807, 2.05) is 55.7 Å². The summed E-state index contributed by atoms with van der Waals surface area (Å²) < 4.78 is 0. The van der Waals surface area contributed by atoms with Gasteiger partial charge in [-0.3, -0.25) is 9.97 Å². The van der Waals surface area contributed by atoms with Crippen LogP contribution in [0, 0.1) is 0 Å². The molecule has 0 unspecified atom stereocenters. The molecule has 0 amide bonds. The molecular weight excluding hydrogens is 388 g/mol. The SMILES string of the molecule is C=N/C(=N\C=C(/C)CNCCNCc1cnc(-c2ccccn2)nc1)c1ccccn1. The summed E-state index contributed by atoms with van der Waals surface area (Å²) in [4.78, 5) is 25.6. The van der Waals surface area contributed by atoms with Gasteiger partial charge >= 0.3 is 0 Å². The van der Waals surface area contributed by atoms with Crippen molar-refractivity contribution in [2.24, 2.45) is 9.98 Å². The molecule has 0 atom stereocenters. The number of hydrogen-bond acceptors (Lipinski definition) is 7. The fourth-order valence-corrected chi connectivity index (χ4v) is 2.67. The number of aromatic nitrogens is 4. The summed E-state index contributed by atoms with van der Waals surface area (Å²) in [7, 11) is 0. The van der Waals surface area contributed by atoms with Gasteiger partial charge in [0.25, 0.3) is 0 Å². The Morgan fingerprint density at radius 1 is 0.968 bits per heavy atom. The minimum atomic E-state index is 0.512. The van der Waals surface area contributed by atoms with Crippen molar-refractivity contribution in [2.75, 3.05) is 19.6 Å². The molecule has 2 N–H and O–H groups in total. The van der Waals surface area contributed by atoms with Crippen LogP contribution in [0.4, 0.5) is 0 Å². The van der Waals surface area contributed by atoms with Crippen LogP contribution in [-0.2, 0) is 6.54 Å². The summed E-state index contributed by atoms with van der Waals surface area (Å²) in [6.07, 6.45) is 8.90. The topological polar surface area (TPSA) is 100 Å². The second-order valence-electron chi connectivity index (χ2n) is 6.78. The smallest absolute Gasteiger partial charge is 0.178 e. The van der Waals surface area contributed by atoms with Gasteiger partial charge < -0.3 is 10.6 Å². The molecule has 0 bridgehead atoms. The maximum Gasteiger partial charge on any atom is 0.178 e. The Morgan fingerprint density at radius 3 is 2.39 bits per heavy atom. The van der Waals surface area contributed by atoms with Gasteiger partial charge in [-0.05, 0) is 43.5 Å². The highest BCUT2D eigenvalue weighted by Gasteiger charge is 2.02. The Kier molecular flexibility index (Phi) is 8.66. The molecule has 3 heterocycles. The minimum absolute atomic E-state index is 0.512. The zero-order valence-corrected chi connectivity index (χ0v) is 17.6. The first kappa shape index (κ1) is 22.1. The van der Waals surface area contributed by atoms with Crippen molar-refractivity contribution in [3.8, 4) is 11.5 Å². The van der Waals surface area contributed by atoms with E-state index < -0.39 is 0 Å². The lowest BCUT2D eigenvalue weighted by atomic mass is 10.3. The molecule has 3 rings (SSSR count). The summed E-state index contributed by atoms with van der Waals surface area (Å²) in [6, 6.07) is 11.3. The molecule has 158 valence electrons. The van der Waals surface area contributed by atoms with Crippen LogP contribution in [0.25, 0.3) is 11.5 Å². The van der Waals surface area contributed by atoms with Gasteiger partial charge in [-0.1, -0.05) is 12.1 Å². The van der Waals surface area contributed by atoms with E-state index in [1.165, 1.54) is 0 Å². The quantitative estimate of drug-likeness (QED) is 0.301. The monoisotopic (exact) mass is 414 g/mol. The fourth-order valence-electron chi connectivity index (χ4n) is 2.67. The molecule has 0 saturated carbocycles. The van der Waals surface area contributed by atoms with Gasteiger partial charge in [0.15, 0.2) is 11.7 Å². The molecule has 3 aromatic heterocycles. The molecular formula is C23H26N8. The summed E-state index contributed by atoms with van der Waals surface area (Å²) >= 11 is 0. The lowest BCUT2D eigenvalue weighted by Gasteiger charge is -2.07. The van der Waals surface area contributed by atoms with Crippen molar-refractivity contribution in [3.63, 3.8) is 0 Å². The molecule has 0 saturated heterocycles. The Labute approximate surface area is 182 Å². The van der Waals surface area contributed by atoms with Crippen molar-refractivity contribution in [1.29, 1.82) is 0 Å². The van der Waals surface area contributed by atoms with Gasteiger partial charge in [-0.2, -0.15) is 0 Å². The summed E-state index contributed by atoms with van der Waals surface area (Å²) in [5.74, 6) is 1.15. The van der Waals surface area contributed by atoms with E-state index >= 15 is 0 Å². The number of nitrogens with one attached hydrogen (secondary N) is 2. The van der Waals surface area contributed by atoms with Gasteiger partial charge in [0.2, 0.25) is 0 Å². The van der Waals surface area contributed by atoms with Crippen molar-refractivity contribution in [2.45, 2.75) is 13.5 Å². The Hall–Kier alpha value is -3.62. The van der Waals surface area contributed by atoms with Gasteiger partial charge in [0.05, 0.1) is 0 Å². The first-order valence-electron chi connectivity index (χ1n) is 10.0. The number of amidine groups is 1. The van der Waals surface area contributed by atoms with Crippen LogP contribution in [0.5, 0.6) is 0 Å². The van der Waals surface area contributed by atoms with Crippen molar-refractivity contribution in [3.05, 3.63) is 84.2 Å². The minimum Gasteiger partial charge on any atom is -0.312 e. The Balaban J connectivity index is 1.36. The van der Waals surface area contributed by atoms with Gasteiger partial charge in [0, 0.05) is 62.7 Å². The van der Waals surface area contributed by atoms with Crippen LogP contribution in [0.15, 0.2) is 82.9 Å². The van der Waals surface area contributed by atoms with Crippen LogP contribution in [0.2, 0.25) is 0 Å². The summed E-state index contributed by atoms with van der Waals surface area (Å²) in [5.41, 5.74) is 3.60. The first-order valence-corrected chi connectivity index (χ1v) is 10.0. The Morgan fingerprint density at radius 2 is 1.71 bits per heavy atom. The molecule has 8 nitrogen and oxygen atoms in total. The molecule has 0 aliphatic heterocycles. The molecule has 0 radical (unpaired) electrons. The highest BCUT2D eigenvalue weighted by Crippen LogP contribution is 2.09. The Bertz CT molecular complexity index is 999. The fraction of sp³-hybridized carbons (Fsp3) is 0.217. The van der Waals surface area contributed by atoms with Gasteiger partial charge in [-0.25, -0.2) is 20.0 Å². The third kappa shape index (κ3) is 7.29. The molecule has 0 aromatic carbocycles. The molecule has 31 heavy (non-hydrogen) atoms. The van der Waals surface area contributed by atoms with E-state index in [2.05, 4.69) is 47.3 Å². The van der Waals surface area contributed by atoms with Crippen LogP contribution in [0.3, 0.4) is 0 Å². The largest absolute Gasteiger partial charge is 0.312 e. The number of nitrogens with zero attached hydrogens (tertiary/aromatic N) is 6. The maximum atomic E-state index is 4.39. The van der Waals surface area contributed by atoms with E-state index in [-0.39, 0.29) is 0 Å². The van der Waals surface area contributed by atoms with E-state index in [0.29, 0.717) is 23.9 Å². The zero-order valence-electron chi connectivity index (χ0n) is 17.6. The van der Waals surface area contributed by atoms with Crippen molar-refractivity contribution in [1.82, 2.24) is 30.6 Å². The average Bonchev–Trinajstić information content (AvgIpc) is 2.83. The zero-order chi connectivity index (χ0) is 21.7. The standard InChI is InChI=1S/C23H26N8/c1-18(14-29-22(24-2)20-7-3-5-9-27-20)13-25-11-12-26-15-19-16-30-23(31-17-19)21-8-4-6-10-28-21/h3-10,14,16-17,25-26H,2,11-13,15H2,1H3/b18-14+,29-22-. The predicted octanol–water partition coefficient (Wildman–Crippen LogP) is 2.66. The summed E-state index contributed by atoms with van der Waals surface area (Å²) in [6.45, 7) is 8.69. The van der Waals surface area contributed by atoms with E-state index in [1.54, 1.807) is 18.6 Å². The second kappa shape index (κ2) is 12.2. The third-order valence-corrected chi connectivity index (χ3v) is 4.26. The maximum absolute atomic E-state index is 4.39. The van der Waals surface area contributed by atoms with Crippen molar-refractivity contribution >= 4 is 12.6 Å². The van der Waals surface area contributed by atoms with Gasteiger partial charge in [0.1, 0.15) is 11.4 Å². The summed E-state index contributed by atoms with van der Waals surface area (Å²) in [5, 5.41) is 6.76. The number of rotatable bonds is 10. The van der Waals surface area contributed by atoms with Crippen LogP contribution in [-0.4, -0.2) is 52.1 Å². The average molecular weight is 415 g/mol. The number of hydrogen-bond donors (Lipinski definition) is 2. The second-order valence-corrected chi connectivity index (χ2v) is 6.78. The normalized spacial score (nSPS) is 12.0. The van der Waals surface area contributed by atoms with Crippen LogP contribution >= 0.6 is 0 Å². The number of pyridine rings is 2. The first-order chi connectivity index (χ1) is 15.3. The molecule has 3 aromatic rings. The number of aliphatic imine (C=N–C) groups is 2. The predicted molar refractivity (Wildman–Crippen MR) is 124 cm³/mol. The molecule has 0 aliphatic rings. The van der Waals surface area contributed by atoms with E-state index in [0.717, 1.165) is 36.5 Å². The third-order valence-electron chi connectivity index (χ3n) is 4.26. The highest BCUT2D eigenvalue weighted by molar-refractivity contribution is 6.00. The lowest BCUT2D eigenvalue weighted by molar-refractivity contribution is 0.627. The van der Waals surface area contributed by atoms with Gasteiger partial charge in [-0.15, -0.1) is 0 Å². The molecule has 0 spiro atoms. The molecule has 8 heteroatoms. The van der Waals surface area contributed by atoms with E-state index in [9.17, 15) is 0 Å². The van der Waals surface area contributed by atoms with Crippen LogP contribution in [0.1, 0.15) is 18.2 Å². The van der Waals surface area contributed by atoms with E-state index in [4.69, 9.17) is 0 Å².